The molecule has 1 heterocycles. The lowest BCUT2D eigenvalue weighted by Crippen LogP contribution is -2.29. The first-order valence-corrected chi connectivity index (χ1v) is 8.87. The Hall–Kier alpha value is -2.38. The monoisotopic (exact) mass is 363 g/mol. The molecule has 0 aliphatic heterocycles. The van der Waals surface area contributed by atoms with E-state index in [2.05, 4.69) is 5.10 Å². The van der Waals surface area contributed by atoms with Gasteiger partial charge in [-0.25, -0.2) is 17.9 Å². The third-order valence-electron chi connectivity index (χ3n) is 3.56. The summed E-state index contributed by atoms with van der Waals surface area (Å²) in [4.78, 5) is 12.4. The Kier molecular flexibility index (Phi) is 4.06. The summed E-state index contributed by atoms with van der Waals surface area (Å²) in [7, 11) is -2.71. The summed E-state index contributed by atoms with van der Waals surface area (Å²) < 4.78 is 27.6. The molecular weight excluding hydrogens is 350 g/mol. The molecule has 0 aliphatic carbocycles. The summed E-state index contributed by atoms with van der Waals surface area (Å²) in [6.45, 7) is 1.85. The van der Waals surface area contributed by atoms with Crippen molar-refractivity contribution < 1.29 is 8.42 Å². The van der Waals surface area contributed by atoms with E-state index in [0.29, 0.717) is 14.6 Å². The van der Waals surface area contributed by atoms with Crippen molar-refractivity contribution in [2.45, 2.75) is 11.8 Å². The van der Waals surface area contributed by atoms with Gasteiger partial charge in [-0.1, -0.05) is 41.4 Å². The summed E-state index contributed by atoms with van der Waals surface area (Å²) in [5.41, 5.74) is 0.525. The third kappa shape index (κ3) is 2.65. The van der Waals surface area contributed by atoms with Crippen LogP contribution >= 0.6 is 11.6 Å². The predicted molar refractivity (Wildman–Crippen MR) is 91.7 cm³/mol. The van der Waals surface area contributed by atoms with Crippen LogP contribution in [0.4, 0.5) is 0 Å². The molecule has 24 heavy (non-hydrogen) atoms. The molecule has 0 radical (unpaired) electrons. The van der Waals surface area contributed by atoms with Crippen LogP contribution in [0.3, 0.4) is 0 Å². The lowest BCUT2D eigenvalue weighted by Gasteiger charge is -2.08. The van der Waals surface area contributed by atoms with Gasteiger partial charge >= 0.3 is 5.69 Å². The standard InChI is InChI=1S/C16H14ClN3O3S/c1-11-7-9-12(10-8-11)24(22,23)20-15(18-19(2)16(20)21)13-5-3-4-6-14(13)17/h3-10H,1-2H3. The van der Waals surface area contributed by atoms with Gasteiger partial charge in [0, 0.05) is 12.6 Å². The maximum Gasteiger partial charge on any atom is 0.360 e. The Morgan fingerprint density at radius 1 is 1.04 bits per heavy atom. The van der Waals surface area contributed by atoms with Crippen molar-refractivity contribution in [3.63, 3.8) is 0 Å². The molecule has 0 atom stereocenters. The molecule has 0 fully saturated rings. The van der Waals surface area contributed by atoms with E-state index in [0.717, 1.165) is 10.2 Å². The molecule has 3 rings (SSSR count). The largest absolute Gasteiger partial charge is 0.360 e. The van der Waals surface area contributed by atoms with Crippen LogP contribution in [0.15, 0.2) is 58.2 Å². The SMILES string of the molecule is Cc1ccc(S(=O)(=O)n2c(-c3ccccc3Cl)nn(C)c2=O)cc1. The number of nitrogens with zero attached hydrogens (tertiary/aromatic N) is 3. The lowest BCUT2D eigenvalue weighted by atomic mass is 10.2. The number of rotatable bonds is 3. The molecule has 0 aliphatic rings. The summed E-state index contributed by atoms with van der Waals surface area (Å²) in [5.74, 6) is -0.0197. The minimum atomic E-state index is -4.10. The van der Waals surface area contributed by atoms with Gasteiger partial charge in [0.25, 0.3) is 10.0 Å². The van der Waals surface area contributed by atoms with E-state index in [1.165, 1.54) is 19.2 Å². The first-order chi connectivity index (χ1) is 11.3. The normalized spacial score (nSPS) is 11.6. The van der Waals surface area contributed by atoms with Crippen molar-refractivity contribution in [1.82, 2.24) is 13.8 Å². The molecule has 0 amide bonds. The third-order valence-corrected chi connectivity index (χ3v) is 5.57. The fourth-order valence-corrected chi connectivity index (χ4v) is 3.88. The second-order valence-electron chi connectivity index (χ2n) is 5.29. The van der Waals surface area contributed by atoms with Gasteiger partial charge < -0.3 is 0 Å². The van der Waals surface area contributed by atoms with E-state index < -0.39 is 15.7 Å². The number of halogens is 1. The first-order valence-electron chi connectivity index (χ1n) is 7.05. The van der Waals surface area contributed by atoms with Gasteiger partial charge in [-0.2, -0.15) is 3.97 Å². The molecule has 0 N–H and O–H groups in total. The second kappa shape index (κ2) is 5.92. The number of hydrogen-bond acceptors (Lipinski definition) is 4. The number of hydrogen-bond donors (Lipinski definition) is 0. The van der Waals surface area contributed by atoms with E-state index >= 15 is 0 Å². The maximum atomic E-state index is 13.0. The number of aryl methyl sites for hydroxylation is 2. The topological polar surface area (TPSA) is 74.0 Å². The summed E-state index contributed by atoms with van der Waals surface area (Å²) in [6, 6.07) is 12.9. The van der Waals surface area contributed by atoms with Crippen molar-refractivity contribution in [2.24, 2.45) is 7.05 Å². The Labute approximate surface area is 144 Å². The molecule has 0 saturated heterocycles. The first kappa shape index (κ1) is 16.5. The lowest BCUT2D eigenvalue weighted by molar-refractivity contribution is 0.584. The Bertz CT molecular complexity index is 1070. The summed E-state index contributed by atoms with van der Waals surface area (Å²) >= 11 is 6.15. The number of aromatic nitrogens is 3. The van der Waals surface area contributed by atoms with Crippen LogP contribution in [-0.4, -0.2) is 22.2 Å². The minimum absolute atomic E-state index is 0.0107. The quantitative estimate of drug-likeness (QED) is 0.716. The molecule has 2 aromatic carbocycles. The highest BCUT2D eigenvalue weighted by atomic mass is 35.5. The van der Waals surface area contributed by atoms with Crippen molar-refractivity contribution in [1.29, 1.82) is 0 Å². The zero-order chi connectivity index (χ0) is 17.5. The summed E-state index contributed by atoms with van der Waals surface area (Å²) in [6.07, 6.45) is 0. The van der Waals surface area contributed by atoms with Crippen molar-refractivity contribution in [2.75, 3.05) is 0 Å². The highest BCUT2D eigenvalue weighted by molar-refractivity contribution is 7.90. The van der Waals surface area contributed by atoms with Crippen LogP contribution in [0.5, 0.6) is 0 Å². The Balaban J connectivity index is 2.31. The molecule has 0 spiro atoms. The fraction of sp³-hybridized carbons (Fsp3) is 0.125. The van der Waals surface area contributed by atoms with E-state index in [-0.39, 0.29) is 10.7 Å². The zero-order valence-electron chi connectivity index (χ0n) is 13.0. The molecular formula is C16H14ClN3O3S. The fourth-order valence-electron chi connectivity index (χ4n) is 2.29. The van der Waals surface area contributed by atoms with Crippen LogP contribution < -0.4 is 5.69 Å². The van der Waals surface area contributed by atoms with Crippen LogP contribution in [0.1, 0.15) is 5.56 Å². The molecule has 8 heteroatoms. The maximum absolute atomic E-state index is 13.0. The average Bonchev–Trinajstić information content (AvgIpc) is 2.84. The van der Waals surface area contributed by atoms with Gasteiger partial charge in [-0.15, -0.1) is 5.10 Å². The van der Waals surface area contributed by atoms with Crippen molar-refractivity contribution >= 4 is 21.6 Å². The Morgan fingerprint density at radius 2 is 1.67 bits per heavy atom. The van der Waals surface area contributed by atoms with Gasteiger partial charge in [0.1, 0.15) is 0 Å². The van der Waals surface area contributed by atoms with Crippen molar-refractivity contribution in [3.8, 4) is 11.4 Å². The highest BCUT2D eigenvalue weighted by Gasteiger charge is 2.27. The molecule has 1 aromatic heterocycles. The number of benzene rings is 2. The molecule has 0 bridgehead atoms. The average molecular weight is 364 g/mol. The second-order valence-corrected chi connectivity index (χ2v) is 7.49. The predicted octanol–water partition coefficient (Wildman–Crippen LogP) is 2.45. The van der Waals surface area contributed by atoms with Crippen LogP contribution in [0.2, 0.25) is 5.02 Å². The molecule has 0 unspecified atom stereocenters. The van der Waals surface area contributed by atoms with E-state index in [1.54, 1.807) is 36.4 Å². The van der Waals surface area contributed by atoms with E-state index in [9.17, 15) is 13.2 Å². The minimum Gasteiger partial charge on any atom is -0.245 e. The molecule has 124 valence electrons. The van der Waals surface area contributed by atoms with Crippen LogP contribution in [0, 0.1) is 6.92 Å². The zero-order valence-corrected chi connectivity index (χ0v) is 14.5. The molecule has 0 saturated carbocycles. The van der Waals surface area contributed by atoms with E-state index in [4.69, 9.17) is 11.6 Å². The van der Waals surface area contributed by atoms with Gasteiger partial charge in [-0.3, -0.25) is 0 Å². The van der Waals surface area contributed by atoms with Gasteiger partial charge in [0.15, 0.2) is 5.82 Å². The van der Waals surface area contributed by atoms with Crippen LogP contribution in [-0.2, 0) is 17.1 Å². The smallest absolute Gasteiger partial charge is 0.245 e. The van der Waals surface area contributed by atoms with Gasteiger partial charge in [-0.05, 0) is 31.2 Å². The molecule has 3 aromatic rings. The van der Waals surface area contributed by atoms with Crippen LogP contribution in [0.25, 0.3) is 11.4 Å². The van der Waals surface area contributed by atoms with E-state index in [1.807, 2.05) is 6.92 Å². The molecule has 6 nitrogen and oxygen atoms in total. The Morgan fingerprint density at radius 3 is 2.29 bits per heavy atom. The van der Waals surface area contributed by atoms with Crippen molar-refractivity contribution in [3.05, 3.63) is 69.6 Å². The summed E-state index contributed by atoms with van der Waals surface area (Å²) in [5, 5.41) is 4.36. The highest BCUT2D eigenvalue weighted by Crippen LogP contribution is 2.27. The van der Waals surface area contributed by atoms with Gasteiger partial charge in [0.05, 0.1) is 9.92 Å². The van der Waals surface area contributed by atoms with Gasteiger partial charge in [0.2, 0.25) is 0 Å².